The number of methoxy groups -OCH3 is 1. The smallest absolute Gasteiger partial charge is 0.292 e. The van der Waals surface area contributed by atoms with E-state index in [1.807, 2.05) is 0 Å². The maximum absolute atomic E-state index is 13.5. The van der Waals surface area contributed by atoms with E-state index in [0.29, 0.717) is 17.1 Å². The van der Waals surface area contributed by atoms with Crippen LogP contribution in [0.3, 0.4) is 0 Å². The summed E-state index contributed by atoms with van der Waals surface area (Å²) in [5.41, 5.74) is 5.60. The van der Waals surface area contributed by atoms with Crippen molar-refractivity contribution in [3.05, 3.63) is 30.2 Å². The highest BCUT2D eigenvalue weighted by atomic mass is 19.1. The molecule has 0 spiro atoms. The van der Waals surface area contributed by atoms with E-state index < -0.39 is 5.82 Å². The number of nitrogen functional groups attached to an aromatic ring is 1. The minimum atomic E-state index is -0.439. The first-order valence-electron chi connectivity index (χ1n) is 4.26. The molecule has 2 rings (SSSR count). The number of nitrogens with zero attached hydrogens (tertiary/aromatic N) is 1. The number of anilines is 1. The number of oxazole rings is 1. The van der Waals surface area contributed by atoms with Crippen molar-refractivity contribution in [2.45, 2.75) is 0 Å². The summed E-state index contributed by atoms with van der Waals surface area (Å²) in [6.45, 7) is 0. The number of nitrogens with two attached hydrogens (primary N) is 1. The lowest BCUT2D eigenvalue weighted by Crippen LogP contribution is -1.87. The van der Waals surface area contributed by atoms with Gasteiger partial charge in [0, 0.05) is 6.07 Å². The molecule has 0 fully saturated rings. The fourth-order valence-corrected chi connectivity index (χ4v) is 1.23. The third kappa shape index (κ3) is 1.76. The summed E-state index contributed by atoms with van der Waals surface area (Å²) in [5, 5.41) is 0. The number of benzene rings is 1. The van der Waals surface area contributed by atoms with Gasteiger partial charge in [-0.05, 0) is 12.1 Å². The van der Waals surface area contributed by atoms with Crippen LogP contribution in [0.15, 0.2) is 28.8 Å². The Morgan fingerprint density at radius 2 is 2.27 bits per heavy atom. The minimum absolute atomic E-state index is 0.0141. The summed E-state index contributed by atoms with van der Waals surface area (Å²) < 4.78 is 23.4. The molecule has 0 aliphatic carbocycles. The highest BCUT2D eigenvalue weighted by Crippen LogP contribution is 2.27. The van der Waals surface area contributed by atoms with Crippen LogP contribution in [-0.4, -0.2) is 12.1 Å². The highest BCUT2D eigenvalue weighted by molar-refractivity contribution is 5.59. The zero-order chi connectivity index (χ0) is 10.8. The van der Waals surface area contributed by atoms with Crippen LogP contribution in [0.4, 0.5) is 10.4 Å². The molecule has 1 aromatic heterocycles. The predicted octanol–water partition coefficient (Wildman–Crippen LogP) is 2.07. The maximum atomic E-state index is 13.5. The van der Waals surface area contributed by atoms with E-state index in [1.54, 1.807) is 12.1 Å². The van der Waals surface area contributed by atoms with E-state index in [2.05, 4.69) is 4.98 Å². The van der Waals surface area contributed by atoms with Crippen molar-refractivity contribution in [1.29, 1.82) is 0 Å². The van der Waals surface area contributed by atoms with Crippen molar-refractivity contribution in [2.75, 3.05) is 12.8 Å². The van der Waals surface area contributed by atoms with Crippen LogP contribution in [-0.2, 0) is 0 Å². The fourth-order valence-electron chi connectivity index (χ4n) is 1.23. The van der Waals surface area contributed by atoms with E-state index >= 15 is 0 Å². The van der Waals surface area contributed by atoms with Gasteiger partial charge in [0.2, 0.25) is 0 Å². The lowest BCUT2D eigenvalue weighted by Gasteiger charge is -2.02. The molecule has 0 radical (unpaired) electrons. The van der Waals surface area contributed by atoms with Gasteiger partial charge in [-0.3, -0.25) is 0 Å². The van der Waals surface area contributed by atoms with Crippen LogP contribution in [0.5, 0.6) is 5.75 Å². The van der Waals surface area contributed by atoms with Crippen LogP contribution in [0.25, 0.3) is 11.3 Å². The van der Waals surface area contributed by atoms with Crippen molar-refractivity contribution in [1.82, 2.24) is 4.98 Å². The van der Waals surface area contributed by atoms with E-state index in [4.69, 9.17) is 14.9 Å². The number of halogens is 1. The third-order valence-corrected chi connectivity index (χ3v) is 1.97. The molecule has 2 aromatic rings. The molecule has 5 heteroatoms. The minimum Gasteiger partial charge on any atom is -0.497 e. The molecule has 0 bridgehead atoms. The Hall–Kier alpha value is -2.04. The molecule has 0 unspecified atom stereocenters. The predicted molar refractivity (Wildman–Crippen MR) is 52.9 cm³/mol. The average Bonchev–Trinajstić information content (AvgIpc) is 2.64. The first kappa shape index (κ1) is 9.51. The molecule has 78 valence electrons. The van der Waals surface area contributed by atoms with Crippen molar-refractivity contribution in [3.8, 4) is 17.1 Å². The average molecular weight is 208 g/mol. The van der Waals surface area contributed by atoms with Gasteiger partial charge in [0.15, 0.2) is 5.76 Å². The first-order chi connectivity index (χ1) is 7.20. The summed E-state index contributed by atoms with van der Waals surface area (Å²) in [6, 6.07) is 4.47. The van der Waals surface area contributed by atoms with Gasteiger partial charge < -0.3 is 14.9 Å². The molecule has 0 amide bonds. The molecule has 0 saturated carbocycles. The molecule has 0 saturated heterocycles. The quantitative estimate of drug-likeness (QED) is 0.820. The Labute approximate surface area is 85.5 Å². The summed E-state index contributed by atoms with van der Waals surface area (Å²) in [5.74, 6) is 0.307. The Morgan fingerprint density at radius 1 is 1.47 bits per heavy atom. The van der Waals surface area contributed by atoms with E-state index in [-0.39, 0.29) is 6.01 Å². The largest absolute Gasteiger partial charge is 0.497 e. The van der Waals surface area contributed by atoms with Gasteiger partial charge in [0.25, 0.3) is 6.01 Å². The number of ether oxygens (including phenoxy) is 1. The van der Waals surface area contributed by atoms with Gasteiger partial charge in [0.1, 0.15) is 11.6 Å². The Bertz CT molecular complexity index is 482. The molecular weight excluding hydrogens is 199 g/mol. The SMILES string of the molecule is COc1ccc(-c2cnc(N)o2)c(F)c1. The first-order valence-corrected chi connectivity index (χ1v) is 4.26. The third-order valence-electron chi connectivity index (χ3n) is 1.97. The summed E-state index contributed by atoms with van der Waals surface area (Å²) >= 11 is 0. The van der Waals surface area contributed by atoms with Crippen molar-refractivity contribution in [3.63, 3.8) is 0 Å². The molecule has 0 aliphatic heterocycles. The standard InChI is InChI=1S/C10H9FN2O2/c1-14-6-2-3-7(8(11)4-6)9-5-13-10(12)15-9/h2-5H,1H3,(H2,12,13). The van der Waals surface area contributed by atoms with Gasteiger partial charge in [-0.2, -0.15) is 0 Å². The zero-order valence-electron chi connectivity index (χ0n) is 8.03. The Kier molecular flexibility index (Phi) is 2.29. The Morgan fingerprint density at radius 3 is 2.80 bits per heavy atom. The fraction of sp³-hybridized carbons (Fsp3) is 0.100. The van der Waals surface area contributed by atoms with E-state index in [1.165, 1.54) is 19.4 Å². The summed E-state index contributed by atoms with van der Waals surface area (Å²) in [7, 11) is 1.47. The van der Waals surface area contributed by atoms with Gasteiger partial charge in [-0.25, -0.2) is 9.37 Å². The van der Waals surface area contributed by atoms with Crippen LogP contribution in [0.1, 0.15) is 0 Å². The van der Waals surface area contributed by atoms with E-state index in [0.717, 1.165) is 0 Å². The number of aromatic nitrogens is 1. The van der Waals surface area contributed by atoms with E-state index in [9.17, 15) is 4.39 Å². The summed E-state index contributed by atoms with van der Waals surface area (Å²) in [4.78, 5) is 3.69. The number of hydrogen-bond acceptors (Lipinski definition) is 4. The highest BCUT2D eigenvalue weighted by Gasteiger charge is 2.10. The second-order valence-corrected chi connectivity index (χ2v) is 2.91. The van der Waals surface area contributed by atoms with Gasteiger partial charge >= 0.3 is 0 Å². The lowest BCUT2D eigenvalue weighted by atomic mass is 10.1. The van der Waals surface area contributed by atoms with Crippen LogP contribution in [0.2, 0.25) is 0 Å². The molecule has 2 N–H and O–H groups in total. The summed E-state index contributed by atoms with van der Waals surface area (Å²) in [6.07, 6.45) is 1.38. The zero-order valence-corrected chi connectivity index (χ0v) is 8.03. The Balaban J connectivity index is 2.45. The molecule has 0 aliphatic rings. The van der Waals surface area contributed by atoms with Crippen LogP contribution < -0.4 is 10.5 Å². The molecule has 1 aromatic carbocycles. The van der Waals surface area contributed by atoms with Crippen molar-refractivity contribution in [2.24, 2.45) is 0 Å². The molecule has 1 heterocycles. The number of hydrogen-bond donors (Lipinski definition) is 1. The van der Waals surface area contributed by atoms with Gasteiger partial charge in [-0.15, -0.1) is 0 Å². The monoisotopic (exact) mass is 208 g/mol. The normalized spacial score (nSPS) is 10.3. The lowest BCUT2D eigenvalue weighted by molar-refractivity contribution is 0.411. The number of rotatable bonds is 2. The van der Waals surface area contributed by atoms with Crippen LogP contribution >= 0.6 is 0 Å². The molecule has 0 atom stereocenters. The topological polar surface area (TPSA) is 61.3 Å². The van der Waals surface area contributed by atoms with Crippen molar-refractivity contribution >= 4 is 6.01 Å². The molecule has 4 nitrogen and oxygen atoms in total. The molecular formula is C10H9FN2O2. The second-order valence-electron chi connectivity index (χ2n) is 2.91. The van der Waals surface area contributed by atoms with Gasteiger partial charge in [0.05, 0.1) is 18.9 Å². The van der Waals surface area contributed by atoms with Crippen LogP contribution in [0, 0.1) is 5.82 Å². The second kappa shape index (κ2) is 3.61. The van der Waals surface area contributed by atoms with Crippen molar-refractivity contribution < 1.29 is 13.5 Å². The maximum Gasteiger partial charge on any atom is 0.292 e. The van der Waals surface area contributed by atoms with Gasteiger partial charge in [-0.1, -0.05) is 0 Å². The molecule has 15 heavy (non-hydrogen) atoms.